The predicted octanol–water partition coefficient (Wildman–Crippen LogP) is 0.0756. The van der Waals surface area contributed by atoms with Crippen LogP contribution in [0.3, 0.4) is 0 Å². The second-order valence-electron chi connectivity index (χ2n) is 1.53. The van der Waals surface area contributed by atoms with Crippen molar-refractivity contribution in [3.63, 3.8) is 0 Å². The van der Waals surface area contributed by atoms with Crippen molar-refractivity contribution in [3.8, 4) is 0 Å². The zero-order valence-electron chi connectivity index (χ0n) is 6.03. The van der Waals surface area contributed by atoms with Crippen LogP contribution in [0, 0.1) is 4.91 Å². The number of amides is 3. The van der Waals surface area contributed by atoms with E-state index in [0.29, 0.717) is 5.01 Å². The molecule has 0 aliphatic carbocycles. The lowest BCUT2D eigenvalue weighted by Crippen LogP contribution is -2.37. The molecule has 7 nitrogen and oxygen atoms in total. The Morgan fingerprint density at radius 2 is 2.09 bits per heavy atom. The molecule has 0 aromatic heterocycles. The Kier molecular flexibility index (Phi) is 3.57. The van der Waals surface area contributed by atoms with Crippen molar-refractivity contribution >= 4 is 12.1 Å². The number of nitrogens with zero attached hydrogens (tertiary/aromatic N) is 2. The zero-order chi connectivity index (χ0) is 8.85. The van der Waals surface area contributed by atoms with Gasteiger partial charge in [0.2, 0.25) is 0 Å². The first-order valence-corrected chi connectivity index (χ1v) is 2.57. The fourth-order valence-corrected chi connectivity index (χ4v) is 0.256. The fraction of sp³-hybridized carbons (Fsp3) is 0.500. The van der Waals surface area contributed by atoms with Gasteiger partial charge in [0.05, 0.1) is 12.4 Å². The van der Waals surface area contributed by atoms with Gasteiger partial charge in [-0.05, 0) is 0 Å². The molecule has 1 N–H and O–H groups in total. The highest BCUT2D eigenvalue weighted by Gasteiger charge is 2.11. The molecular formula is C4H7N3O4. The number of methoxy groups -OCH3 is 1. The number of urea groups is 1. The molecule has 0 aliphatic rings. The third-order valence-corrected chi connectivity index (χ3v) is 0.811. The summed E-state index contributed by atoms with van der Waals surface area (Å²) in [5.74, 6) is 0. The van der Waals surface area contributed by atoms with E-state index >= 15 is 0 Å². The van der Waals surface area contributed by atoms with Gasteiger partial charge in [-0.15, -0.1) is 4.91 Å². The minimum Gasteiger partial charge on any atom is -0.453 e. The molecule has 0 radical (unpaired) electrons. The zero-order valence-corrected chi connectivity index (χ0v) is 6.03. The van der Waals surface area contributed by atoms with Gasteiger partial charge in [0.15, 0.2) is 0 Å². The molecular weight excluding hydrogens is 154 g/mol. The monoisotopic (exact) mass is 161 g/mol. The average Bonchev–Trinajstić information content (AvgIpc) is 2.02. The number of carbonyl (C=O) groups excluding carboxylic acids is 2. The first-order chi connectivity index (χ1) is 5.11. The van der Waals surface area contributed by atoms with E-state index < -0.39 is 12.1 Å². The van der Waals surface area contributed by atoms with Crippen LogP contribution in [0.5, 0.6) is 0 Å². The van der Waals surface area contributed by atoms with E-state index in [1.165, 1.54) is 0 Å². The van der Waals surface area contributed by atoms with Crippen molar-refractivity contribution < 1.29 is 14.3 Å². The molecule has 0 saturated heterocycles. The van der Waals surface area contributed by atoms with Crippen LogP contribution in [0.1, 0.15) is 0 Å². The lowest BCUT2D eigenvalue weighted by atomic mass is 10.9. The summed E-state index contributed by atoms with van der Waals surface area (Å²) in [6, 6.07) is -0.938. The first-order valence-electron chi connectivity index (χ1n) is 2.57. The lowest BCUT2D eigenvalue weighted by Gasteiger charge is -2.05. The third kappa shape index (κ3) is 3.14. The molecule has 0 aliphatic heterocycles. The predicted molar refractivity (Wildman–Crippen MR) is 34.5 cm³/mol. The summed E-state index contributed by atoms with van der Waals surface area (Å²) >= 11 is 0. The van der Waals surface area contributed by atoms with Crippen LogP contribution >= 0.6 is 0 Å². The number of hydrogen-bond donors (Lipinski definition) is 1. The van der Waals surface area contributed by atoms with Crippen LogP contribution in [0.4, 0.5) is 9.59 Å². The van der Waals surface area contributed by atoms with Gasteiger partial charge in [-0.25, -0.2) is 14.9 Å². The van der Waals surface area contributed by atoms with E-state index in [9.17, 15) is 14.5 Å². The molecule has 0 unspecified atom stereocenters. The third-order valence-electron chi connectivity index (χ3n) is 0.811. The van der Waals surface area contributed by atoms with E-state index in [1.54, 1.807) is 5.32 Å². The maximum absolute atomic E-state index is 10.6. The van der Waals surface area contributed by atoms with Gasteiger partial charge in [0.1, 0.15) is 0 Å². The molecule has 0 bridgehead atoms. The van der Waals surface area contributed by atoms with E-state index in [2.05, 4.69) is 10.0 Å². The van der Waals surface area contributed by atoms with Gasteiger partial charge in [-0.3, -0.25) is 0 Å². The Bertz CT molecular complexity index is 180. The largest absolute Gasteiger partial charge is 0.453 e. The van der Waals surface area contributed by atoms with Gasteiger partial charge in [-0.1, -0.05) is 0 Å². The Balaban J connectivity index is 3.87. The van der Waals surface area contributed by atoms with Gasteiger partial charge < -0.3 is 4.74 Å². The maximum Gasteiger partial charge on any atom is 0.415 e. The standard InChI is InChI=1S/C4H7N3O4/c1-7(6-10)3(8)5-4(9)11-2/h1-2H3,(H,5,8,9). The van der Waals surface area contributed by atoms with Crippen molar-refractivity contribution in [3.05, 3.63) is 4.91 Å². The Labute approximate surface area is 62.2 Å². The van der Waals surface area contributed by atoms with Crippen molar-refractivity contribution in [2.24, 2.45) is 5.29 Å². The minimum atomic E-state index is -0.939. The maximum atomic E-state index is 10.6. The summed E-state index contributed by atoms with van der Waals surface area (Å²) < 4.78 is 4.07. The van der Waals surface area contributed by atoms with Crippen LogP contribution in [-0.4, -0.2) is 31.3 Å². The molecule has 0 atom stereocenters. The molecule has 62 valence electrons. The molecule has 0 aromatic rings. The molecule has 0 spiro atoms. The smallest absolute Gasteiger partial charge is 0.415 e. The lowest BCUT2D eigenvalue weighted by molar-refractivity contribution is 0.164. The first kappa shape index (κ1) is 9.34. The summed E-state index contributed by atoms with van der Waals surface area (Å²) in [5.41, 5.74) is 0. The molecule has 0 fully saturated rings. The van der Waals surface area contributed by atoms with Gasteiger partial charge in [0.25, 0.3) is 0 Å². The van der Waals surface area contributed by atoms with Crippen LogP contribution in [-0.2, 0) is 4.74 Å². The Hall–Kier alpha value is -1.66. The molecule has 7 heteroatoms. The summed E-state index contributed by atoms with van der Waals surface area (Å²) in [5, 5.41) is 4.38. The fourth-order valence-electron chi connectivity index (χ4n) is 0.256. The van der Waals surface area contributed by atoms with Crippen LogP contribution < -0.4 is 5.32 Å². The number of nitrogens with one attached hydrogen (secondary N) is 1. The SMILES string of the molecule is COC(=O)NC(=O)N(C)N=O. The number of imide groups is 1. The van der Waals surface area contributed by atoms with E-state index in [0.717, 1.165) is 14.2 Å². The highest BCUT2D eigenvalue weighted by molar-refractivity contribution is 5.90. The van der Waals surface area contributed by atoms with Gasteiger partial charge in [0, 0.05) is 7.05 Å². The highest BCUT2D eigenvalue weighted by atomic mass is 16.5. The van der Waals surface area contributed by atoms with Crippen LogP contribution in [0.15, 0.2) is 5.29 Å². The van der Waals surface area contributed by atoms with Crippen LogP contribution in [0.25, 0.3) is 0 Å². The summed E-state index contributed by atoms with van der Waals surface area (Å²) in [4.78, 5) is 30.6. The van der Waals surface area contributed by atoms with E-state index in [-0.39, 0.29) is 0 Å². The molecule has 11 heavy (non-hydrogen) atoms. The molecule has 0 aromatic carbocycles. The van der Waals surface area contributed by atoms with Crippen molar-refractivity contribution in [1.82, 2.24) is 10.3 Å². The summed E-state index contributed by atoms with van der Waals surface area (Å²) in [7, 11) is 2.20. The Morgan fingerprint density at radius 1 is 1.55 bits per heavy atom. The van der Waals surface area contributed by atoms with Gasteiger partial charge in [-0.2, -0.15) is 5.01 Å². The molecule has 3 amide bonds. The number of hydrogen-bond acceptors (Lipinski definition) is 5. The summed E-state index contributed by atoms with van der Waals surface area (Å²) in [6.07, 6.45) is -0.939. The molecule has 0 heterocycles. The van der Waals surface area contributed by atoms with Crippen LogP contribution in [0.2, 0.25) is 0 Å². The van der Waals surface area contributed by atoms with E-state index in [1.807, 2.05) is 0 Å². The second-order valence-corrected chi connectivity index (χ2v) is 1.53. The minimum absolute atomic E-state index is 0.428. The second kappa shape index (κ2) is 4.20. The number of alkyl carbamates (subject to hydrolysis) is 1. The van der Waals surface area contributed by atoms with Crippen molar-refractivity contribution in [2.75, 3.05) is 14.2 Å². The number of nitroso groups, excluding NO2 is 1. The van der Waals surface area contributed by atoms with Crippen molar-refractivity contribution in [2.45, 2.75) is 0 Å². The summed E-state index contributed by atoms with van der Waals surface area (Å²) in [6.45, 7) is 0. The number of carbonyl (C=O) groups is 2. The van der Waals surface area contributed by atoms with E-state index in [4.69, 9.17) is 0 Å². The average molecular weight is 161 g/mol. The molecule has 0 saturated carbocycles. The number of rotatable bonds is 1. The molecule has 0 rings (SSSR count). The van der Waals surface area contributed by atoms with Gasteiger partial charge >= 0.3 is 12.1 Å². The highest BCUT2D eigenvalue weighted by Crippen LogP contribution is 1.83. The Morgan fingerprint density at radius 3 is 2.45 bits per heavy atom. The quantitative estimate of drug-likeness (QED) is 0.435. The topological polar surface area (TPSA) is 88.1 Å². The van der Waals surface area contributed by atoms with Crippen molar-refractivity contribution in [1.29, 1.82) is 0 Å². The normalized spacial score (nSPS) is 8.18. The number of ether oxygens (including phenoxy) is 1.